The van der Waals surface area contributed by atoms with Gasteiger partial charge in [-0.3, -0.25) is 9.59 Å². The predicted molar refractivity (Wildman–Crippen MR) is 153 cm³/mol. The summed E-state index contributed by atoms with van der Waals surface area (Å²) in [7, 11) is 0. The lowest BCUT2D eigenvalue weighted by atomic mass is 10.0. The van der Waals surface area contributed by atoms with Crippen molar-refractivity contribution >= 4 is 22.6 Å². The van der Waals surface area contributed by atoms with E-state index in [0.717, 1.165) is 29.3 Å². The van der Waals surface area contributed by atoms with Crippen molar-refractivity contribution < 1.29 is 9.18 Å². The molecule has 1 aliphatic carbocycles. The number of benzene rings is 2. The van der Waals surface area contributed by atoms with Gasteiger partial charge in [0.2, 0.25) is 0 Å². The van der Waals surface area contributed by atoms with E-state index in [0.29, 0.717) is 28.7 Å². The minimum Gasteiger partial charge on any atom is -0.361 e. The lowest BCUT2D eigenvalue weighted by Crippen LogP contribution is -2.30. The standard InChI is InChI=1S/C31H24FN7O2/c32-25-5-2-1-4-21(25)16-38-17-22(19-8-11-26-20(14-19)12-13-33-26)15-24(31(38)41)30(40)36-28-7-3-6-27(35-28)29-37-34-18-39(29)23-9-10-23/h1-8,11-15,17-18,23,33H,9-10,16H2,(H,35,36,40). The Balaban J connectivity index is 1.27. The van der Waals surface area contributed by atoms with Gasteiger partial charge in [0.15, 0.2) is 5.82 Å². The maximum absolute atomic E-state index is 14.5. The molecule has 4 aromatic heterocycles. The number of halogens is 1. The average molecular weight is 546 g/mol. The number of pyridine rings is 2. The zero-order chi connectivity index (χ0) is 27.9. The van der Waals surface area contributed by atoms with Gasteiger partial charge in [-0.25, -0.2) is 9.37 Å². The largest absolute Gasteiger partial charge is 0.361 e. The van der Waals surface area contributed by atoms with Crippen LogP contribution in [0.15, 0.2) is 96.3 Å². The average Bonchev–Trinajstić information content (AvgIpc) is 3.51. The zero-order valence-corrected chi connectivity index (χ0v) is 21.8. The van der Waals surface area contributed by atoms with Crippen LogP contribution in [0.3, 0.4) is 0 Å². The van der Waals surface area contributed by atoms with E-state index >= 15 is 0 Å². The van der Waals surface area contributed by atoms with E-state index in [1.807, 2.05) is 35.0 Å². The Morgan fingerprint density at radius 1 is 1.02 bits per heavy atom. The predicted octanol–water partition coefficient (Wildman–Crippen LogP) is 5.42. The minimum atomic E-state index is -0.616. The van der Waals surface area contributed by atoms with Crippen molar-refractivity contribution in [2.75, 3.05) is 5.32 Å². The van der Waals surface area contributed by atoms with Crippen LogP contribution in [0.4, 0.5) is 10.2 Å². The normalized spacial score (nSPS) is 13.0. The third-order valence-corrected chi connectivity index (χ3v) is 7.25. The molecule has 2 aromatic carbocycles. The van der Waals surface area contributed by atoms with E-state index < -0.39 is 17.3 Å². The highest BCUT2D eigenvalue weighted by Crippen LogP contribution is 2.37. The van der Waals surface area contributed by atoms with Crippen molar-refractivity contribution in [2.45, 2.75) is 25.4 Å². The highest BCUT2D eigenvalue weighted by atomic mass is 19.1. The molecule has 10 heteroatoms. The molecule has 1 aliphatic rings. The molecule has 9 nitrogen and oxygen atoms in total. The van der Waals surface area contributed by atoms with E-state index in [2.05, 4.69) is 25.5 Å². The number of carbonyl (C=O) groups is 1. The Hall–Kier alpha value is -5.38. The molecule has 0 bridgehead atoms. The summed E-state index contributed by atoms with van der Waals surface area (Å²) < 4.78 is 17.9. The summed E-state index contributed by atoms with van der Waals surface area (Å²) in [6, 6.07) is 21.2. The van der Waals surface area contributed by atoms with Crippen LogP contribution < -0.4 is 10.9 Å². The van der Waals surface area contributed by atoms with Crippen LogP contribution in [0.2, 0.25) is 0 Å². The van der Waals surface area contributed by atoms with Gasteiger partial charge in [0.25, 0.3) is 11.5 Å². The first kappa shape index (κ1) is 24.6. The van der Waals surface area contributed by atoms with Gasteiger partial charge < -0.3 is 19.4 Å². The number of aromatic nitrogens is 6. The van der Waals surface area contributed by atoms with Crippen LogP contribution in [0, 0.1) is 5.82 Å². The Bertz CT molecular complexity index is 1990. The third-order valence-electron chi connectivity index (χ3n) is 7.25. The van der Waals surface area contributed by atoms with Crippen LogP contribution in [0.25, 0.3) is 33.5 Å². The molecule has 0 aliphatic heterocycles. The molecule has 7 rings (SSSR count). The SMILES string of the molecule is O=C(Nc1cccc(-c2nncn2C2CC2)n1)c1cc(-c2ccc3[nH]ccc3c2)cn(Cc2ccccc2F)c1=O. The summed E-state index contributed by atoms with van der Waals surface area (Å²) in [5.41, 5.74) is 2.71. The van der Waals surface area contributed by atoms with Gasteiger partial charge in [0.1, 0.15) is 29.2 Å². The number of aromatic amines is 1. The number of nitrogens with one attached hydrogen (secondary N) is 2. The summed E-state index contributed by atoms with van der Waals surface area (Å²) in [5, 5.41) is 12.0. The number of nitrogens with zero attached hydrogens (tertiary/aromatic N) is 5. The summed E-state index contributed by atoms with van der Waals surface area (Å²) in [6.45, 7) is -0.0312. The second-order valence-electron chi connectivity index (χ2n) is 10.1. The first-order valence-corrected chi connectivity index (χ1v) is 13.3. The van der Waals surface area contributed by atoms with Gasteiger partial charge in [-0.2, -0.15) is 0 Å². The van der Waals surface area contributed by atoms with Crippen molar-refractivity contribution in [3.05, 3.63) is 119 Å². The number of carbonyl (C=O) groups excluding carboxylic acids is 1. The van der Waals surface area contributed by atoms with Crippen molar-refractivity contribution in [1.29, 1.82) is 0 Å². The molecule has 2 N–H and O–H groups in total. The van der Waals surface area contributed by atoms with Gasteiger partial charge in [-0.05, 0) is 71.8 Å². The smallest absolute Gasteiger partial charge is 0.263 e. The Morgan fingerprint density at radius 2 is 1.90 bits per heavy atom. The van der Waals surface area contributed by atoms with Crippen LogP contribution in [0.1, 0.15) is 34.8 Å². The van der Waals surface area contributed by atoms with Crippen LogP contribution in [-0.4, -0.2) is 35.2 Å². The number of amides is 1. The molecule has 202 valence electrons. The quantitative estimate of drug-likeness (QED) is 0.278. The molecule has 1 saturated carbocycles. The molecule has 1 amide bonds. The summed E-state index contributed by atoms with van der Waals surface area (Å²) in [6.07, 6.45) is 7.32. The van der Waals surface area contributed by atoms with E-state index in [1.165, 1.54) is 10.6 Å². The molecule has 4 heterocycles. The lowest BCUT2D eigenvalue weighted by Gasteiger charge is -2.13. The number of anilines is 1. The fourth-order valence-corrected chi connectivity index (χ4v) is 4.98. The summed E-state index contributed by atoms with van der Waals surface area (Å²) in [4.78, 5) is 34.9. The summed E-state index contributed by atoms with van der Waals surface area (Å²) in [5.74, 6) is -0.144. The molecule has 6 aromatic rings. The first-order valence-electron chi connectivity index (χ1n) is 13.3. The van der Waals surface area contributed by atoms with Gasteiger partial charge in [0.05, 0.1) is 6.54 Å². The molecule has 0 radical (unpaired) electrons. The van der Waals surface area contributed by atoms with Crippen molar-refractivity contribution in [1.82, 2.24) is 29.3 Å². The number of hydrogen-bond donors (Lipinski definition) is 2. The van der Waals surface area contributed by atoms with Crippen LogP contribution in [0.5, 0.6) is 0 Å². The Labute approximate surface area is 233 Å². The van der Waals surface area contributed by atoms with Gasteiger partial charge in [-0.15, -0.1) is 10.2 Å². The number of rotatable bonds is 7. The van der Waals surface area contributed by atoms with E-state index in [4.69, 9.17) is 0 Å². The second kappa shape index (κ2) is 9.98. The second-order valence-corrected chi connectivity index (χ2v) is 10.1. The Morgan fingerprint density at radius 3 is 2.76 bits per heavy atom. The maximum atomic E-state index is 14.5. The molecule has 0 spiro atoms. The Kier molecular flexibility index (Phi) is 6.00. The molecule has 1 fully saturated rings. The number of H-pyrrole nitrogens is 1. The topological polar surface area (TPSA) is 110 Å². The van der Waals surface area contributed by atoms with Crippen molar-refractivity contribution in [2.24, 2.45) is 0 Å². The minimum absolute atomic E-state index is 0.0312. The van der Waals surface area contributed by atoms with E-state index in [9.17, 15) is 14.0 Å². The van der Waals surface area contributed by atoms with Gasteiger partial charge in [0, 0.05) is 29.5 Å². The van der Waals surface area contributed by atoms with Crippen LogP contribution in [-0.2, 0) is 6.54 Å². The van der Waals surface area contributed by atoms with E-state index in [1.54, 1.807) is 55.0 Å². The maximum Gasteiger partial charge on any atom is 0.263 e. The first-order chi connectivity index (χ1) is 20.0. The highest BCUT2D eigenvalue weighted by molar-refractivity contribution is 6.04. The molecular formula is C31H24FN7O2. The fraction of sp³-hybridized carbons (Fsp3) is 0.129. The molecule has 41 heavy (non-hydrogen) atoms. The molecule has 0 atom stereocenters. The summed E-state index contributed by atoms with van der Waals surface area (Å²) >= 11 is 0. The van der Waals surface area contributed by atoms with Gasteiger partial charge in [-0.1, -0.05) is 30.3 Å². The number of hydrogen-bond acceptors (Lipinski definition) is 5. The van der Waals surface area contributed by atoms with Crippen molar-refractivity contribution in [3.63, 3.8) is 0 Å². The molecule has 0 saturated heterocycles. The molecule has 0 unspecified atom stereocenters. The highest BCUT2D eigenvalue weighted by Gasteiger charge is 2.27. The third kappa shape index (κ3) is 4.80. The van der Waals surface area contributed by atoms with Crippen molar-refractivity contribution in [3.8, 4) is 22.6 Å². The monoisotopic (exact) mass is 545 g/mol. The molecular weight excluding hydrogens is 521 g/mol. The zero-order valence-electron chi connectivity index (χ0n) is 21.8. The number of fused-ring (bicyclic) bond motifs is 1. The lowest BCUT2D eigenvalue weighted by molar-refractivity contribution is 0.102. The van der Waals surface area contributed by atoms with Gasteiger partial charge >= 0.3 is 0 Å². The van der Waals surface area contributed by atoms with E-state index in [-0.39, 0.29) is 17.9 Å². The fourth-order valence-electron chi connectivity index (χ4n) is 4.98. The van der Waals surface area contributed by atoms with Crippen LogP contribution >= 0.6 is 0 Å².